The summed E-state index contributed by atoms with van der Waals surface area (Å²) in [6.45, 7) is -1.14. The quantitative estimate of drug-likeness (QED) is 0.479. The monoisotopic (exact) mass is 349 g/mol. The minimum atomic E-state index is -4.90. The van der Waals surface area contributed by atoms with Crippen LogP contribution in [0.25, 0.3) is 0 Å². The van der Waals surface area contributed by atoms with E-state index in [9.17, 15) is 22.4 Å². The van der Waals surface area contributed by atoms with Gasteiger partial charge in [-0.1, -0.05) is 0 Å². The van der Waals surface area contributed by atoms with Gasteiger partial charge in [-0.25, -0.2) is 9.37 Å². The molecule has 88 valence electrons. The van der Waals surface area contributed by atoms with Gasteiger partial charge < -0.3 is 4.74 Å². The van der Waals surface area contributed by atoms with E-state index in [2.05, 4.69) is 9.72 Å². The van der Waals surface area contributed by atoms with Crippen molar-refractivity contribution < 1.29 is 27.1 Å². The van der Waals surface area contributed by atoms with E-state index < -0.39 is 18.9 Å². The Kier molecular flexibility index (Phi) is 4.05. The van der Waals surface area contributed by atoms with Crippen LogP contribution in [-0.2, 0) is 6.67 Å². The molecule has 0 atom stereocenters. The molecule has 1 rings (SSSR count). The van der Waals surface area contributed by atoms with Crippen molar-refractivity contribution in [2.75, 3.05) is 0 Å². The highest BCUT2D eigenvalue weighted by Gasteiger charge is 2.32. The molecule has 0 spiro atoms. The number of hydrogen-bond acceptors (Lipinski definition) is 3. The van der Waals surface area contributed by atoms with Crippen LogP contribution < -0.4 is 4.74 Å². The number of pyridine rings is 1. The fraction of sp³-hybridized carbons (Fsp3) is 0.250. The molecule has 1 aromatic heterocycles. The standard InChI is InChI=1S/C8H4F4INO2/c9-2-6-4(3-15)5(13)1-7(14-6)16-8(10,11)12/h1,3H,2H2. The van der Waals surface area contributed by atoms with E-state index in [4.69, 9.17) is 0 Å². The van der Waals surface area contributed by atoms with Gasteiger partial charge in [0.15, 0.2) is 6.29 Å². The van der Waals surface area contributed by atoms with Crippen molar-refractivity contribution in [1.29, 1.82) is 0 Å². The molecule has 0 saturated carbocycles. The molecule has 8 heteroatoms. The summed E-state index contributed by atoms with van der Waals surface area (Å²) in [5, 5.41) is 0. The van der Waals surface area contributed by atoms with Crippen LogP contribution >= 0.6 is 22.6 Å². The van der Waals surface area contributed by atoms with Crippen LogP contribution in [0.4, 0.5) is 17.6 Å². The molecule has 3 nitrogen and oxygen atoms in total. The minimum absolute atomic E-state index is 0.0716. The molecule has 0 unspecified atom stereocenters. The predicted molar refractivity (Wildman–Crippen MR) is 53.8 cm³/mol. The van der Waals surface area contributed by atoms with Crippen molar-refractivity contribution in [2.24, 2.45) is 0 Å². The largest absolute Gasteiger partial charge is 0.574 e. The smallest absolute Gasteiger partial charge is 0.388 e. The predicted octanol–water partition coefficient (Wildman–Crippen LogP) is 2.87. The lowest BCUT2D eigenvalue weighted by atomic mass is 10.2. The normalized spacial score (nSPS) is 11.3. The zero-order valence-corrected chi connectivity index (χ0v) is 9.67. The van der Waals surface area contributed by atoms with Crippen LogP contribution in [0.5, 0.6) is 5.88 Å². The van der Waals surface area contributed by atoms with Crippen molar-refractivity contribution in [3.63, 3.8) is 0 Å². The fourth-order valence-corrected chi connectivity index (χ4v) is 1.65. The molecule has 0 bridgehead atoms. The first kappa shape index (κ1) is 13.1. The van der Waals surface area contributed by atoms with Gasteiger partial charge >= 0.3 is 6.36 Å². The maximum absolute atomic E-state index is 12.4. The number of halogens is 5. The van der Waals surface area contributed by atoms with E-state index in [-0.39, 0.29) is 14.8 Å². The lowest BCUT2D eigenvalue weighted by Gasteiger charge is -2.10. The summed E-state index contributed by atoms with van der Waals surface area (Å²) in [6, 6.07) is 0.914. The second-order valence-corrected chi connectivity index (χ2v) is 3.76. The third-order valence-corrected chi connectivity index (χ3v) is 2.42. The molecule has 0 aliphatic rings. The van der Waals surface area contributed by atoms with Gasteiger partial charge in [0.05, 0.1) is 11.3 Å². The van der Waals surface area contributed by atoms with Gasteiger partial charge in [0.1, 0.15) is 6.67 Å². The third kappa shape index (κ3) is 3.29. The first-order valence-electron chi connectivity index (χ1n) is 3.83. The van der Waals surface area contributed by atoms with Crippen LogP contribution in [0.1, 0.15) is 16.1 Å². The molecule has 0 radical (unpaired) electrons. The average molecular weight is 349 g/mol. The van der Waals surface area contributed by atoms with E-state index in [1.165, 1.54) is 0 Å². The number of alkyl halides is 4. The first-order valence-corrected chi connectivity index (χ1v) is 4.91. The SMILES string of the molecule is O=Cc1c(I)cc(OC(F)(F)F)nc1CF. The van der Waals surface area contributed by atoms with Gasteiger partial charge in [0, 0.05) is 9.64 Å². The summed E-state index contributed by atoms with van der Waals surface area (Å²) in [4.78, 5) is 13.8. The van der Waals surface area contributed by atoms with Gasteiger partial charge in [0.2, 0.25) is 5.88 Å². The van der Waals surface area contributed by atoms with E-state index in [1.54, 1.807) is 22.6 Å². The Balaban J connectivity index is 3.15. The zero-order valence-electron chi connectivity index (χ0n) is 7.52. The number of aromatic nitrogens is 1. The zero-order chi connectivity index (χ0) is 12.3. The van der Waals surface area contributed by atoms with E-state index in [0.29, 0.717) is 6.29 Å². The number of hydrogen-bond donors (Lipinski definition) is 0. The Morgan fingerprint density at radius 3 is 2.56 bits per heavy atom. The fourth-order valence-electron chi connectivity index (χ4n) is 0.947. The maximum Gasteiger partial charge on any atom is 0.574 e. The lowest BCUT2D eigenvalue weighted by molar-refractivity contribution is -0.276. The molecule has 0 fully saturated rings. The molecular formula is C8H4F4INO2. The second-order valence-electron chi connectivity index (χ2n) is 2.60. The summed E-state index contributed by atoms with van der Waals surface area (Å²) in [5.74, 6) is -0.782. The second kappa shape index (κ2) is 4.93. The summed E-state index contributed by atoms with van der Waals surface area (Å²) in [7, 11) is 0. The van der Waals surface area contributed by atoms with E-state index in [1.807, 2.05) is 0 Å². The van der Waals surface area contributed by atoms with Crippen molar-refractivity contribution in [1.82, 2.24) is 4.98 Å². The Morgan fingerprint density at radius 2 is 2.12 bits per heavy atom. The molecule has 16 heavy (non-hydrogen) atoms. The number of carbonyl (C=O) groups excluding carboxylic acids is 1. The highest BCUT2D eigenvalue weighted by Crippen LogP contribution is 2.25. The Hall–Kier alpha value is -0.930. The number of nitrogens with zero attached hydrogens (tertiary/aromatic N) is 1. The van der Waals surface area contributed by atoms with Crippen molar-refractivity contribution in [3.8, 4) is 5.88 Å². The average Bonchev–Trinajstić information content (AvgIpc) is 2.14. The summed E-state index contributed by atoms with van der Waals surface area (Å²) in [6.07, 6.45) is -4.56. The topological polar surface area (TPSA) is 39.2 Å². The highest BCUT2D eigenvalue weighted by atomic mass is 127. The molecule has 0 aromatic carbocycles. The molecule has 0 saturated heterocycles. The van der Waals surface area contributed by atoms with Crippen LogP contribution in [0.3, 0.4) is 0 Å². The Labute approximate surface area is 101 Å². The summed E-state index contributed by atoms with van der Waals surface area (Å²) < 4.78 is 51.7. The third-order valence-electron chi connectivity index (χ3n) is 1.53. The minimum Gasteiger partial charge on any atom is -0.388 e. The van der Waals surface area contributed by atoms with Crippen molar-refractivity contribution in [3.05, 3.63) is 20.9 Å². The van der Waals surface area contributed by atoms with Crippen LogP contribution in [0, 0.1) is 3.57 Å². The number of carbonyl (C=O) groups is 1. The molecule has 1 heterocycles. The molecule has 0 N–H and O–H groups in total. The maximum atomic E-state index is 12.4. The van der Waals surface area contributed by atoms with Gasteiger partial charge in [0.25, 0.3) is 0 Å². The van der Waals surface area contributed by atoms with E-state index >= 15 is 0 Å². The Bertz CT molecular complexity index is 408. The molecular weight excluding hydrogens is 345 g/mol. The van der Waals surface area contributed by atoms with Crippen molar-refractivity contribution >= 4 is 28.9 Å². The van der Waals surface area contributed by atoms with Gasteiger partial charge in [-0.05, 0) is 22.6 Å². The molecule has 0 aliphatic carbocycles. The first-order chi connectivity index (χ1) is 7.37. The van der Waals surface area contributed by atoms with E-state index in [0.717, 1.165) is 6.07 Å². The molecule has 0 amide bonds. The molecule has 0 aliphatic heterocycles. The highest BCUT2D eigenvalue weighted by molar-refractivity contribution is 14.1. The van der Waals surface area contributed by atoms with Crippen molar-refractivity contribution in [2.45, 2.75) is 13.0 Å². The number of ether oxygens (including phenoxy) is 1. The molecule has 1 aromatic rings. The van der Waals surface area contributed by atoms with Gasteiger partial charge in [-0.15, -0.1) is 13.2 Å². The van der Waals surface area contributed by atoms with Gasteiger partial charge in [-0.3, -0.25) is 4.79 Å². The Morgan fingerprint density at radius 1 is 1.50 bits per heavy atom. The number of aldehydes is 1. The number of rotatable bonds is 3. The lowest BCUT2D eigenvalue weighted by Crippen LogP contribution is -2.18. The van der Waals surface area contributed by atoms with Crippen LogP contribution in [0.15, 0.2) is 6.07 Å². The summed E-state index contributed by atoms with van der Waals surface area (Å²) >= 11 is 1.60. The van der Waals surface area contributed by atoms with Gasteiger partial charge in [-0.2, -0.15) is 0 Å². The van der Waals surface area contributed by atoms with Crippen LogP contribution in [-0.4, -0.2) is 17.6 Å². The van der Waals surface area contributed by atoms with Crippen LogP contribution in [0.2, 0.25) is 0 Å². The summed E-state index contributed by atoms with van der Waals surface area (Å²) in [5.41, 5.74) is -0.446.